The molecule has 0 saturated heterocycles. The molecule has 3 rings (SSSR count). The molecule has 20 heavy (non-hydrogen) atoms. The molecule has 0 aliphatic carbocycles. The number of alkyl halides is 1. The van der Waals surface area contributed by atoms with Crippen molar-refractivity contribution < 1.29 is 9.15 Å². The molecule has 3 nitrogen and oxygen atoms in total. The zero-order valence-electron chi connectivity index (χ0n) is 10.7. The van der Waals surface area contributed by atoms with Crippen LogP contribution in [0.2, 0.25) is 0 Å². The Hall–Kier alpha value is -1.59. The Morgan fingerprint density at radius 1 is 1.30 bits per heavy atom. The number of thiophene rings is 1. The van der Waals surface area contributed by atoms with Gasteiger partial charge in [-0.3, -0.25) is 4.79 Å². The van der Waals surface area contributed by atoms with E-state index in [-0.39, 0.29) is 11.2 Å². The minimum Gasteiger partial charge on any atom is -0.490 e. The van der Waals surface area contributed by atoms with E-state index in [9.17, 15) is 4.79 Å². The molecule has 0 saturated carbocycles. The molecule has 0 N–H and O–H groups in total. The third-order valence-electron chi connectivity index (χ3n) is 3.05. The van der Waals surface area contributed by atoms with Gasteiger partial charge in [-0.2, -0.15) is 0 Å². The van der Waals surface area contributed by atoms with Gasteiger partial charge in [0.05, 0.1) is 17.4 Å². The van der Waals surface area contributed by atoms with Crippen LogP contribution in [0.15, 0.2) is 44.9 Å². The number of hydrogen-bond acceptors (Lipinski definition) is 4. The Morgan fingerprint density at radius 2 is 2.15 bits per heavy atom. The van der Waals surface area contributed by atoms with Crippen molar-refractivity contribution in [2.75, 3.05) is 7.11 Å². The van der Waals surface area contributed by atoms with Crippen molar-refractivity contribution in [1.29, 1.82) is 0 Å². The molecule has 0 aliphatic rings. The molecule has 1 aromatic carbocycles. The maximum atomic E-state index is 12.5. The Balaban J connectivity index is 2.43. The summed E-state index contributed by atoms with van der Waals surface area (Å²) in [6.45, 7) is 0. The van der Waals surface area contributed by atoms with E-state index in [0.29, 0.717) is 22.1 Å². The second-order valence-electron chi connectivity index (χ2n) is 4.20. The molecule has 0 aliphatic heterocycles. The highest BCUT2D eigenvalue weighted by molar-refractivity contribution is 9.08. The zero-order valence-corrected chi connectivity index (χ0v) is 13.1. The highest BCUT2D eigenvalue weighted by Gasteiger charge is 2.18. The summed E-state index contributed by atoms with van der Waals surface area (Å²) in [4.78, 5) is 13.4. The molecule has 0 unspecified atom stereocenters. The SMILES string of the molecule is COc1c(-c2cccs2)oc2c(CBr)cccc2c1=O. The molecule has 5 heteroatoms. The summed E-state index contributed by atoms with van der Waals surface area (Å²) in [6.07, 6.45) is 0. The first-order chi connectivity index (χ1) is 9.76. The van der Waals surface area contributed by atoms with Gasteiger partial charge in [-0.1, -0.05) is 34.1 Å². The first-order valence-corrected chi connectivity index (χ1v) is 7.99. The van der Waals surface area contributed by atoms with Gasteiger partial charge in [0.1, 0.15) is 5.58 Å². The predicted octanol–water partition coefficient (Wildman–Crippen LogP) is 4.43. The smallest absolute Gasteiger partial charge is 0.235 e. The summed E-state index contributed by atoms with van der Waals surface area (Å²) in [5.41, 5.74) is 1.42. The Labute approximate surface area is 127 Å². The number of rotatable bonds is 3. The van der Waals surface area contributed by atoms with E-state index in [1.54, 1.807) is 6.07 Å². The molecule has 0 radical (unpaired) electrons. The van der Waals surface area contributed by atoms with Gasteiger partial charge < -0.3 is 9.15 Å². The third kappa shape index (κ3) is 2.07. The quantitative estimate of drug-likeness (QED) is 0.656. The lowest BCUT2D eigenvalue weighted by Gasteiger charge is -2.09. The van der Waals surface area contributed by atoms with Crippen LogP contribution in [0.1, 0.15) is 5.56 Å². The van der Waals surface area contributed by atoms with Gasteiger partial charge >= 0.3 is 0 Å². The molecular formula is C15H11BrO3S. The van der Waals surface area contributed by atoms with Crippen molar-refractivity contribution >= 4 is 38.2 Å². The van der Waals surface area contributed by atoms with E-state index in [0.717, 1.165) is 10.4 Å². The Morgan fingerprint density at radius 3 is 2.80 bits per heavy atom. The van der Waals surface area contributed by atoms with E-state index in [4.69, 9.17) is 9.15 Å². The highest BCUT2D eigenvalue weighted by atomic mass is 79.9. The van der Waals surface area contributed by atoms with E-state index in [1.165, 1.54) is 18.4 Å². The number of para-hydroxylation sites is 1. The van der Waals surface area contributed by atoms with E-state index in [2.05, 4.69) is 15.9 Å². The molecule has 0 spiro atoms. The van der Waals surface area contributed by atoms with Crippen LogP contribution in [0.3, 0.4) is 0 Å². The molecular weight excluding hydrogens is 340 g/mol. The molecule has 0 amide bonds. The van der Waals surface area contributed by atoms with Gasteiger partial charge in [0.25, 0.3) is 0 Å². The van der Waals surface area contributed by atoms with Crippen molar-refractivity contribution in [3.8, 4) is 16.4 Å². The lowest BCUT2D eigenvalue weighted by atomic mass is 10.1. The van der Waals surface area contributed by atoms with Gasteiger partial charge in [-0.25, -0.2) is 0 Å². The van der Waals surface area contributed by atoms with Crippen molar-refractivity contribution in [2.45, 2.75) is 5.33 Å². The van der Waals surface area contributed by atoms with E-state index >= 15 is 0 Å². The lowest BCUT2D eigenvalue weighted by molar-refractivity contribution is 0.399. The number of fused-ring (bicyclic) bond motifs is 1. The van der Waals surface area contributed by atoms with Crippen LogP contribution in [-0.2, 0) is 5.33 Å². The minimum absolute atomic E-state index is 0.139. The maximum absolute atomic E-state index is 12.5. The number of ether oxygens (including phenoxy) is 1. The summed E-state index contributed by atoms with van der Waals surface area (Å²) in [7, 11) is 1.49. The number of halogens is 1. The molecule has 3 aromatic rings. The minimum atomic E-state index is -0.139. The van der Waals surface area contributed by atoms with Gasteiger partial charge in [0.15, 0.2) is 5.76 Å². The first kappa shape index (κ1) is 13.4. The number of benzene rings is 1. The zero-order chi connectivity index (χ0) is 14.1. The topological polar surface area (TPSA) is 39.4 Å². The standard InChI is InChI=1S/C15H11BrO3S/c1-18-15-12(17)10-5-2-4-9(8-16)13(10)19-14(15)11-6-3-7-20-11/h2-7H,8H2,1H3. The predicted molar refractivity (Wildman–Crippen MR) is 85.0 cm³/mol. The van der Waals surface area contributed by atoms with Crippen LogP contribution in [0.25, 0.3) is 21.6 Å². The fourth-order valence-corrected chi connectivity index (χ4v) is 3.26. The average Bonchev–Trinajstić information content (AvgIpc) is 3.00. The second kappa shape index (κ2) is 5.42. The van der Waals surface area contributed by atoms with Crippen molar-refractivity contribution in [3.63, 3.8) is 0 Å². The Kier molecular flexibility index (Phi) is 3.63. The summed E-state index contributed by atoms with van der Waals surface area (Å²) < 4.78 is 11.3. The fraction of sp³-hybridized carbons (Fsp3) is 0.133. The molecule has 0 atom stereocenters. The molecule has 0 fully saturated rings. The van der Waals surface area contributed by atoms with E-state index < -0.39 is 0 Å². The van der Waals surface area contributed by atoms with Crippen LogP contribution >= 0.6 is 27.3 Å². The van der Waals surface area contributed by atoms with Crippen LogP contribution < -0.4 is 10.2 Å². The van der Waals surface area contributed by atoms with E-state index in [1.807, 2.05) is 29.6 Å². The molecule has 102 valence electrons. The van der Waals surface area contributed by atoms with Gasteiger partial charge in [0.2, 0.25) is 11.2 Å². The molecule has 0 bridgehead atoms. The van der Waals surface area contributed by atoms with Crippen molar-refractivity contribution in [2.24, 2.45) is 0 Å². The van der Waals surface area contributed by atoms with Crippen LogP contribution in [0, 0.1) is 0 Å². The summed E-state index contributed by atoms with van der Waals surface area (Å²) in [5, 5.41) is 3.11. The second-order valence-corrected chi connectivity index (χ2v) is 5.71. The summed E-state index contributed by atoms with van der Waals surface area (Å²) >= 11 is 4.93. The number of methoxy groups -OCH3 is 1. The lowest BCUT2D eigenvalue weighted by Crippen LogP contribution is -2.07. The third-order valence-corrected chi connectivity index (χ3v) is 4.52. The van der Waals surface area contributed by atoms with Gasteiger partial charge in [-0.15, -0.1) is 11.3 Å². The van der Waals surface area contributed by atoms with Crippen LogP contribution in [0.4, 0.5) is 0 Å². The highest BCUT2D eigenvalue weighted by Crippen LogP contribution is 2.34. The monoisotopic (exact) mass is 350 g/mol. The van der Waals surface area contributed by atoms with Crippen molar-refractivity contribution in [3.05, 3.63) is 51.5 Å². The largest absolute Gasteiger partial charge is 0.490 e. The van der Waals surface area contributed by atoms with Crippen LogP contribution in [0.5, 0.6) is 5.75 Å². The van der Waals surface area contributed by atoms with Gasteiger partial charge in [-0.05, 0) is 17.5 Å². The first-order valence-electron chi connectivity index (χ1n) is 5.98. The number of hydrogen-bond donors (Lipinski definition) is 0. The Bertz CT molecular complexity index is 806. The van der Waals surface area contributed by atoms with Crippen molar-refractivity contribution in [1.82, 2.24) is 0 Å². The summed E-state index contributed by atoms with van der Waals surface area (Å²) in [5.74, 6) is 0.750. The average molecular weight is 351 g/mol. The summed E-state index contributed by atoms with van der Waals surface area (Å²) in [6, 6.07) is 9.37. The normalized spacial score (nSPS) is 10.9. The van der Waals surface area contributed by atoms with Gasteiger partial charge in [0, 0.05) is 10.9 Å². The molecule has 2 aromatic heterocycles. The van der Waals surface area contributed by atoms with Crippen LogP contribution in [-0.4, -0.2) is 7.11 Å². The maximum Gasteiger partial charge on any atom is 0.235 e. The fourth-order valence-electron chi connectivity index (χ4n) is 2.12. The molecule has 2 heterocycles.